The van der Waals surface area contributed by atoms with Crippen molar-refractivity contribution in [1.29, 1.82) is 0 Å². The lowest BCUT2D eigenvalue weighted by molar-refractivity contribution is 0.0966. The molecule has 1 heterocycles. The maximum atomic E-state index is 12.6. The van der Waals surface area contributed by atoms with Crippen LogP contribution in [0.3, 0.4) is 0 Å². The molecule has 0 amide bonds. The summed E-state index contributed by atoms with van der Waals surface area (Å²) in [5.74, 6) is 0.156. The fourth-order valence-corrected chi connectivity index (χ4v) is 2.62. The van der Waals surface area contributed by atoms with Crippen LogP contribution in [0, 0.1) is 0 Å². The summed E-state index contributed by atoms with van der Waals surface area (Å²) in [7, 11) is 0. The van der Waals surface area contributed by atoms with E-state index in [-0.39, 0.29) is 11.7 Å². The van der Waals surface area contributed by atoms with E-state index >= 15 is 0 Å². The first kappa shape index (κ1) is 12.0. The molecular weight excluding hydrogens is 234 g/mol. The summed E-state index contributed by atoms with van der Waals surface area (Å²) in [6, 6.07) is 16.0. The minimum absolute atomic E-state index is 0.0522. The van der Waals surface area contributed by atoms with Crippen LogP contribution in [0.15, 0.2) is 48.5 Å². The number of para-hydroxylation sites is 1. The monoisotopic (exact) mass is 251 g/mol. The van der Waals surface area contributed by atoms with Gasteiger partial charge in [0.25, 0.3) is 0 Å². The molecule has 0 spiro atoms. The van der Waals surface area contributed by atoms with Crippen molar-refractivity contribution in [2.75, 3.05) is 11.9 Å². The van der Waals surface area contributed by atoms with E-state index in [1.165, 1.54) is 5.56 Å². The van der Waals surface area contributed by atoms with Gasteiger partial charge >= 0.3 is 0 Å². The lowest BCUT2D eigenvalue weighted by Crippen LogP contribution is -2.14. The number of hydrogen-bond acceptors (Lipinski definition) is 2. The first-order chi connectivity index (χ1) is 9.29. The number of hydrogen-bond donors (Lipinski definition) is 1. The zero-order valence-corrected chi connectivity index (χ0v) is 11.0. The molecule has 0 radical (unpaired) electrons. The number of aryl methyl sites for hydroxylation is 1. The van der Waals surface area contributed by atoms with Gasteiger partial charge in [-0.25, -0.2) is 0 Å². The SMILES string of the molecule is CCc1ccc(C(=O)C2CNc3ccccc32)cc1. The van der Waals surface area contributed by atoms with Crippen molar-refractivity contribution < 1.29 is 4.79 Å². The van der Waals surface area contributed by atoms with Gasteiger partial charge in [-0.2, -0.15) is 0 Å². The maximum Gasteiger partial charge on any atom is 0.172 e. The predicted molar refractivity (Wildman–Crippen MR) is 77.8 cm³/mol. The summed E-state index contributed by atoms with van der Waals surface area (Å²) in [5, 5.41) is 3.30. The van der Waals surface area contributed by atoms with Crippen LogP contribution in [0.2, 0.25) is 0 Å². The molecule has 1 aliphatic rings. The van der Waals surface area contributed by atoms with Crippen molar-refractivity contribution in [2.45, 2.75) is 19.3 Å². The second kappa shape index (κ2) is 4.88. The molecule has 0 aliphatic carbocycles. The van der Waals surface area contributed by atoms with Gasteiger partial charge in [0.15, 0.2) is 5.78 Å². The van der Waals surface area contributed by atoms with Crippen molar-refractivity contribution >= 4 is 11.5 Å². The van der Waals surface area contributed by atoms with Gasteiger partial charge in [-0.15, -0.1) is 0 Å². The molecule has 3 rings (SSSR count). The molecule has 19 heavy (non-hydrogen) atoms. The summed E-state index contributed by atoms with van der Waals surface area (Å²) in [6.45, 7) is 2.82. The number of benzene rings is 2. The molecule has 0 fully saturated rings. The highest BCUT2D eigenvalue weighted by Gasteiger charge is 2.28. The Morgan fingerprint density at radius 3 is 2.63 bits per heavy atom. The predicted octanol–water partition coefficient (Wildman–Crippen LogP) is 3.64. The minimum atomic E-state index is -0.0522. The Labute approximate surface area is 113 Å². The fourth-order valence-electron chi connectivity index (χ4n) is 2.62. The van der Waals surface area contributed by atoms with Crippen LogP contribution < -0.4 is 5.32 Å². The first-order valence-corrected chi connectivity index (χ1v) is 6.75. The number of ketones is 1. The van der Waals surface area contributed by atoms with Gasteiger partial charge in [0.05, 0.1) is 5.92 Å². The molecule has 2 heteroatoms. The number of carbonyl (C=O) groups is 1. The van der Waals surface area contributed by atoms with Crippen LogP contribution >= 0.6 is 0 Å². The molecule has 0 aromatic heterocycles. The van der Waals surface area contributed by atoms with Gasteiger partial charge in [-0.1, -0.05) is 49.4 Å². The Morgan fingerprint density at radius 1 is 1.16 bits per heavy atom. The largest absolute Gasteiger partial charge is 0.384 e. The van der Waals surface area contributed by atoms with E-state index < -0.39 is 0 Å². The number of fused-ring (bicyclic) bond motifs is 1. The molecule has 0 saturated carbocycles. The van der Waals surface area contributed by atoms with Gasteiger partial charge in [0, 0.05) is 17.8 Å². The quantitative estimate of drug-likeness (QED) is 0.844. The third-order valence-electron chi connectivity index (χ3n) is 3.80. The highest BCUT2D eigenvalue weighted by Crippen LogP contribution is 2.33. The number of anilines is 1. The molecular formula is C17H17NO. The van der Waals surface area contributed by atoms with Crippen LogP contribution in [0.5, 0.6) is 0 Å². The Morgan fingerprint density at radius 2 is 1.89 bits per heavy atom. The van der Waals surface area contributed by atoms with E-state index in [2.05, 4.69) is 12.2 Å². The Hall–Kier alpha value is -2.09. The minimum Gasteiger partial charge on any atom is -0.384 e. The molecule has 1 atom stereocenters. The van der Waals surface area contributed by atoms with Gasteiger partial charge in [-0.3, -0.25) is 4.79 Å². The molecule has 1 N–H and O–H groups in total. The Kier molecular flexibility index (Phi) is 3.08. The molecule has 0 saturated heterocycles. The van der Waals surface area contributed by atoms with Gasteiger partial charge < -0.3 is 5.32 Å². The first-order valence-electron chi connectivity index (χ1n) is 6.75. The van der Waals surface area contributed by atoms with E-state index in [1.807, 2.05) is 48.5 Å². The Bertz CT molecular complexity index is 601. The van der Waals surface area contributed by atoms with Crippen molar-refractivity contribution in [3.63, 3.8) is 0 Å². The summed E-state index contributed by atoms with van der Waals surface area (Å²) in [5.41, 5.74) is 4.28. The number of rotatable bonds is 3. The standard InChI is InChI=1S/C17H17NO/c1-2-12-7-9-13(10-8-12)17(19)15-11-18-16-6-4-3-5-14(15)16/h3-10,15,18H,2,11H2,1H3. The van der Waals surface area contributed by atoms with E-state index in [0.29, 0.717) is 6.54 Å². The van der Waals surface area contributed by atoms with Crippen LogP contribution in [-0.4, -0.2) is 12.3 Å². The maximum absolute atomic E-state index is 12.6. The van der Waals surface area contributed by atoms with Crippen molar-refractivity contribution in [3.05, 3.63) is 65.2 Å². The molecule has 1 unspecified atom stereocenters. The summed E-state index contributed by atoms with van der Waals surface area (Å²) in [4.78, 5) is 12.6. The highest BCUT2D eigenvalue weighted by molar-refractivity contribution is 6.03. The highest BCUT2D eigenvalue weighted by atomic mass is 16.1. The summed E-state index contributed by atoms with van der Waals surface area (Å²) < 4.78 is 0. The van der Waals surface area contributed by atoms with Gasteiger partial charge in [-0.05, 0) is 23.6 Å². The van der Waals surface area contributed by atoms with Crippen LogP contribution in [0.25, 0.3) is 0 Å². The normalized spacial score (nSPS) is 16.8. The lowest BCUT2D eigenvalue weighted by Gasteiger charge is -2.09. The topological polar surface area (TPSA) is 29.1 Å². The summed E-state index contributed by atoms with van der Waals surface area (Å²) >= 11 is 0. The molecule has 2 aromatic rings. The van der Waals surface area contributed by atoms with Crippen molar-refractivity contribution in [2.24, 2.45) is 0 Å². The molecule has 96 valence electrons. The molecule has 2 aromatic carbocycles. The van der Waals surface area contributed by atoms with Gasteiger partial charge in [0.1, 0.15) is 0 Å². The third kappa shape index (κ3) is 2.14. The molecule has 2 nitrogen and oxygen atoms in total. The number of nitrogens with one attached hydrogen (secondary N) is 1. The average molecular weight is 251 g/mol. The molecule has 1 aliphatic heterocycles. The van der Waals surface area contributed by atoms with Crippen LogP contribution in [0.4, 0.5) is 5.69 Å². The average Bonchev–Trinajstić information content (AvgIpc) is 2.90. The van der Waals surface area contributed by atoms with E-state index in [0.717, 1.165) is 23.2 Å². The van der Waals surface area contributed by atoms with Crippen molar-refractivity contribution in [3.8, 4) is 0 Å². The Balaban J connectivity index is 1.89. The number of Topliss-reactive ketones (excluding diaryl/α,β-unsaturated/α-hetero) is 1. The smallest absolute Gasteiger partial charge is 0.172 e. The molecule has 0 bridgehead atoms. The lowest BCUT2D eigenvalue weighted by atomic mass is 9.92. The second-order valence-corrected chi connectivity index (χ2v) is 4.94. The zero-order valence-electron chi connectivity index (χ0n) is 11.0. The number of carbonyl (C=O) groups excluding carboxylic acids is 1. The third-order valence-corrected chi connectivity index (χ3v) is 3.80. The van der Waals surface area contributed by atoms with E-state index in [4.69, 9.17) is 0 Å². The van der Waals surface area contributed by atoms with Gasteiger partial charge in [0.2, 0.25) is 0 Å². The zero-order chi connectivity index (χ0) is 13.2. The summed E-state index contributed by atoms with van der Waals surface area (Å²) in [6.07, 6.45) is 1.00. The van der Waals surface area contributed by atoms with Crippen molar-refractivity contribution in [1.82, 2.24) is 0 Å². The van der Waals surface area contributed by atoms with E-state index in [9.17, 15) is 4.79 Å². The van der Waals surface area contributed by atoms with E-state index in [1.54, 1.807) is 0 Å². The van der Waals surface area contributed by atoms with Crippen LogP contribution in [0.1, 0.15) is 34.3 Å². The second-order valence-electron chi connectivity index (χ2n) is 4.94. The van der Waals surface area contributed by atoms with Crippen LogP contribution in [-0.2, 0) is 6.42 Å². The fraction of sp³-hybridized carbons (Fsp3) is 0.235.